The van der Waals surface area contributed by atoms with Crippen molar-refractivity contribution >= 4 is 49.4 Å². The molecule has 1 nitrogen and oxygen atoms in total. The van der Waals surface area contributed by atoms with Crippen molar-refractivity contribution in [1.29, 1.82) is 0 Å². The van der Waals surface area contributed by atoms with E-state index in [1.165, 1.54) is 82.5 Å². The third kappa shape index (κ3) is 4.77. The van der Waals surface area contributed by atoms with Crippen LogP contribution in [0.25, 0.3) is 65.7 Å². The average molecular weight is 664 g/mol. The Bertz CT molecular complexity index is 2820. The third-order valence-corrected chi connectivity index (χ3v) is 11.2. The van der Waals surface area contributed by atoms with E-state index >= 15 is 0 Å². The average Bonchev–Trinajstić information content (AvgIpc) is 3.44. The fourth-order valence-electron chi connectivity index (χ4n) is 8.71. The Kier molecular flexibility index (Phi) is 6.91. The highest BCUT2D eigenvalue weighted by molar-refractivity contribution is 6.13. The molecule has 246 valence electrons. The van der Waals surface area contributed by atoms with E-state index < -0.39 is 0 Å². The number of nitrogens with zero attached hydrogens (tertiary/aromatic N) is 1. The minimum absolute atomic E-state index is 0.166. The van der Waals surface area contributed by atoms with Crippen LogP contribution in [0, 0.1) is 0 Å². The molecule has 0 aliphatic heterocycles. The molecule has 1 aliphatic rings. The van der Waals surface area contributed by atoms with Gasteiger partial charge in [0, 0.05) is 16.8 Å². The topological polar surface area (TPSA) is 3.24 Å². The van der Waals surface area contributed by atoms with Gasteiger partial charge >= 0.3 is 0 Å². The quantitative estimate of drug-likeness (QED) is 0.166. The molecule has 0 radical (unpaired) electrons. The summed E-state index contributed by atoms with van der Waals surface area (Å²) >= 11 is 0. The van der Waals surface area contributed by atoms with Crippen molar-refractivity contribution in [1.82, 2.24) is 0 Å². The molecule has 10 rings (SSSR count). The van der Waals surface area contributed by atoms with E-state index in [9.17, 15) is 0 Å². The molecule has 0 heterocycles. The second kappa shape index (κ2) is 11.8. The minimum atomic E-state index is -0.166. The number of hydrogen-bond donors (Lipinski definition) is 0. The van der Waals surface area contributed by atoms with Crippen molar-refractivity contribution in [3.63, 3.8) is 0 Å². The van der Waals surface area contributed by atoms with Crippen molar-refractivity contribution < 1.29 is 0 Å². The second-order valence-electron chi connectivity index (χ2n) is 14.6. The largest absolute Gasteiger partial charge is 0.310 e. The molecule has 9 aromatic rings. The summed E-state index contributed by atoms with van der Waals surface area (Å²) in [6.45, 7) is 4.75. The number of anilines is 3. The summed E-state index contributed by atoms with van der Waals surface area (Å²) in [7, 11) is 0. The monoisotopic (exact) mass is 663 g/mol. The van der Waals surface area contributed by atoms with Crippen LogP contribution in [0.4, 0.5) is 17.1 Å². The first-order chi connectivity index (χ1) is 25.5. The summed E-state index contributed by atoms with van der Waals surface area (Å²) in [6.07, 6.45) is 0. The Balaban J connectivity index is 1.16. The van der Waals surface area contributed by atoms with Gasteiger partial charge in [-0.25, -0.2) is 0 Å². The first-order valence-electron chi connectivity index (χ1n) is 18.2. The minimum Gasteiger partial charge on any atom is -0.310 e. The number of fused-ring (bicyclic) bond motifs is 7. The Morgan fingerprint density at radius 1 is 0.365 bits per heavy atom. The van der Waals surface area contributed by atoms with Gasteiger partial charge < -0.3 is 4.90 Å². The molecule has 9 aromatic carbocycles. The lowest BCUT2D eigenvalue weighted by molar-refractivity contribution is 0.661. The van der Waals surface area contributed by atoms with Gasteiger partial charge in [-0.15, -0.1) is 0 Å². The van der Waals surface area contributed by atoms with E-state index in [-0.39, 0.29) is 5.41 Å². The van der Waals surface area contributed by atoms with Gasteiger partial charge in [0.1, 0.15) is 0 Å². The van der Waals surface area contributed by atoms with E-state index in [1.807, 2.05) is 0 Å². The normalized spacial score (nSPS) is 13.0. The summed E-state index contributed by atoms with van der Waals surface area (Å²) in [5.74, 6) is 0. The molecule has 0 bridgehead atoms. The van der Waals surface area contributed by atoms with Gasteiger partial charge in [-0.3, -0.25) is 0 Å². The van der Waals surface area contributed by atoms with Crippen molar-refractivity contribution in [2.45, 2.75) is 19.3 Å². The van der Waals surface area contributed by atoms with E-state index in [0.29, 0.717) is 0 Å². The van der Waals surface area contributed by atoms with Crippen LogP contribution in [0.1, 0.15) is 25.0 Å². The van der Waals surface area contributed by atoms with Crippen molar-refractivity contribution in [3.05, 3.63) is 199 Å². The molecule has 0 spiro atoms. The van der Waals surface area contributed by atoms with Crippen LogP contribution in [-0.2, 0) is 5.41 Å². The Labute approximate surface area is 305 Å². The molecule has 1 aliphatic carbocycles. The molecule has 0 unspecified atom stereocenters. The van der Waals surface area contributed by atoms with Crippen LogP contribution in [0.2, 0.25) is 0 Å². The Hall–Kier alpha value is -6.44. The van der Waals surface area contributed by atoms with Crippen LogP contribution in [0.15, 0.2) is 188 Å². The highest BCUT2D eigenvalue weighted by Gasteiger charge is 2.38. The van der Waals surface area contributed by atoms with Gasteiger partial charge in [0.15, 0.2) is 0 Å². The summed E-state index contributed by atoms with van der Waals surface area (Å²) in [4.78, 5) is 2.47. The maximum absolute atomic E-state index is 2.47. The Morgan fingerprint density at radius 2 is 1.00 bits per heavy atom. The van der Waals surface area contributed by atoms with Crippen LogP contribution < -0.4 is 4.90 Å². The molecular weight excluding hydrogens is 627 g/mol. The summed E-state index contributed by atoms with van der Waals surface area (Å²) < 4.78 is 0. The van der Waals surface area contributed by atoms with Gasteiger partial charge in [-0.2, -0.15) is 0 Å². The number of hydrogen-bond acceptors (Lipinski definition) is 1. The molecule has 0 N–H and O–H groups in total. The molecular formula is C51H37N. The fraction of sp³-hybridized carbons (Fsp3) is 0.0588. The Morgan fingerprint density at radius 3 is 1.85 bits per heavy atom. The predicted molar refractivity (Wildman–Crippen MR) is 222 cm³/mol. The molecule has 0 amide bonds. The second-order valence-corrected chi connectivity index (χ2v) is 14.6. The van der Waals surface area contributed by atoms with Gasteiger partial charge in [0.2, 0.25) is 0 Å². The van der Waals surface area contributed by atoms with Crippen LogP contribution in [0.3, 0.4) is 0 Å². The molecule has 52 heavy (non-hydrogen) atoms. The van der Waals surface area contributed by atoms with Crippen molar-refractivity contribution in [2.75, 3.05) is 4.90 Å². The SMILES string of the molecule is CC1(C)c2ccccc2-c2cccc(N(c3ccc(-c4cc5ccccc5c5ccccc45)cc3)c3cccc(-c4ccc5ccccc5c4)c3)c21. The maximum Gasteiger partial charge on any atom is 0.0508 e. The highest BCUT2D eigenvalue weighted by atomic mass is 15.1. The predicted octanol–water partition coefficient (Wildman–Crippen LogP) is 14.3. The van der Waals surface area contributed by atoms with E-state index in [4.69, 9.17) is 0 Å². The number of benzene rings is 9. The van der Waals surface area contributed by atoms with E-state index in [2.05, 4.69) is 207 Å². The summed E-state index contributed by atoms with van der Waals surface area (Å²) in [5, 5.41) is 7.61. The standard InChI is InChI=1S/C51H37N/c1-51(2)48-23-10-9-21-45(48)46-22-12-24-49(50(46)51)52(41-17-11-16-37(32-41)38-26-25-34-13-3-4-14-36(34)31-38)40-29-27-35(28-30-40)47-33-39-15-5-6-18-42(39)43-19-7-8-20-44(43)47/h3-33H,1-2H3. The lowest BCUT2D eigenvalue weighted by atomic mass is 9.81. The van der Waals surface area contributed by atoms with Crippen molar-refractivity contribution in [2.24, 2.45) is 0 Å². The molecule has 0 atom stereocenters. The number of rotatable bonds is 5. The van der Waals surface area contributed by atoms with Crippen LogP contribution in [-0.4, -0.2) is 0 Å². The first kappa shape index (κ1) is 30.4. The van der Waals surface area contributed by atoms with Gasteiger partial charge in [0.25, 0.3) is 0 Å². The van der Waals surface area contributed by atoms with Crippen molar-refractivity contribution in [3.8, 4) is 33.4 Å². The molecule has 0 fully saturated rings. The van der Waals surface area contributed by atoms with Crippen LogP contribution in [0.5, 0.6) is 0 Å². The van der Waals surface area contributed by atoms with E-state index in [0.717, 1.165) is 11.4 Å². The smallest absolute Gasteiger partial charge is 0.0508 e. The zero-order valence-corrected chi connectivity index (χ0v) is 29.3. The maximum atomic E-state index is 2.47. The molecule has 0 saturated carbocycles. The highest BCUT2D eigenvalue weighted by Crippen LogP contribution is 2.54. The lowest BCUT2D eigenvalue weighted by Crippen LogP contribution is -2.20. The first-order valence-corrected chi connectivity index (χ1v) is 18.2. The van der Waals surface area contributed by atoms with Gasteiger partial charge in [0.05, 0.1) is 5.69 Å². The summed E-state index contributed by atoms with van der Waals surface area (Å²) in [5.41, 5.74) is 13.6. The van der Waals surface area contributed by atoms with Crippen LogP contribution >= 0.6 is 0 Å². The summed E-state index contributed by atoms with van der Waals surface area (Å²) in [6, 6.07) is 69.2. The zero-order chi connectivity index (χ0) is 34.8. The van der Waals surface area contributed by atoms with Gasteiger partial charge in [-0.05, 0) is 119 Å². The van der Waals surface area contributed by atoms with Gasteiger partial charge in [-0.1, -0.05) is 159 Å². The fourth-order valence-corrected chi connectivity index (χ4v) is 8.71. The third-order valence-electron chi connectivity index (χ3n) is 11.2. The zero-order valence-electron chi connectivity index (χ0n) is 29.3. The van der Waals surface area contributed by atoms with E-state index in [1.54, 1.807) is 0 Å². The lowest BCUT2D eigenvalue weighted by Gasteiger charge is -2.32. The molecule has 1 heteroatoms. The molecule has 0 saturated heterocycles. The molecule has 0 aromatic heterocycles.